The Morgan fingerprint density at radius 3 is 1.88 bits per heavy atom. The summed E-state index contributed by atoms with van der Waals surface area (Å²) in [5.74, 6) is -1.46. The number of carboxylic acid groups (broad SMARTS) is 2. The van der Waals surface area contributed by atoms with Gasteiger partial charge >= 0.3 is 11.9 Å². The number of carbonyl (C=O) groups is 2. The maximum absolute atomic E-state index is 11.2. The Kier molecular flexibility index (Phi) is 7.59. The number of unbranched alkanes of at least 4 members (excludes halogenated alkanes) is 3. The third-order valence-corrected chi connectivity index (χ3v) is 3.60. The monoisotopic (exact) mass is 244 g/mol. The van der Waals surface area contributed by atoms with Crippen molar-refractivity contribution in [1.29, 1.82) is 0 Å². The summed E-state index contributed by atoms with van der Waals surface area (Å²) in [6.07, 6.45) is 5.58. The fourth-order valence-corrected chi connectivity index (χ4v) is 2.11. The van der Waals surface area contributed by atoms with Crippen molar-refractivity contribution in [3.05, 3.63) is 0 Å². The lowest BCUT2D eigenvalue weighted by atomic mass is 9.78. The summed E-state index contributed by atoms with van der Waals surface area (Å²) >= 11 is 0. The molecule has 0 fully saturated rings. The van der Waals surface area contributed by atoms with E-state index in [0.717, 1.165) is 19.3 Å². The van der Waals surface area contributed by atoms with E-state index in [1.165, 1.54) is 0 Å². The lowest BCUT2D eigenvalue weighted by Crippen LogP contribution is -2.29. The van der Waals surface area contributed by atoms with Gasteiger partial charge in [-0.1, -0.05) is 33.1 Å². The van der Waals surface area contributed by atoms with Crippen molar-refractivity contribution in [3.8, 4) is 0 Å². The van der Waals surface area contributed by atoms with Crippen molar-refractivity contribution in [3.63, 3.8) is 0 Å². The van der Waals surface area contributed by atoms with Crippen molar-refractivity contribution >= 4 is 11.9 Å². The van der Waals surface area contributed by atoms with Crippen molar-refractivity contribution in [2.24, 2.45) is 5.41 Å². The van der Waals surface area contributed by atoms with E-state index in [2.05, 4.69) is 0 Å². The van der Waals surface area contributed by atoms with E-state index in [9.17, 15) is 14.7 Å². The number of aliphatic carboxylic acids is 2. The first-order chi connectivity index (χ1) is 7.98. The molecule has 4 nitrogen and oxygen atoms in total. The average Bonchev–Trinajstić information content (AvgIpc) is 2.28. The third-order valence-electron chi connectivity index (χ3n) is 3.60. The van der Waals surface area contributed by atoms with Gasteiger partial charge in [-0.2, -0.15) is 0 Å². The van der Waals surface area contributed by atoms with Crippen LogP contribution in [0.2, 0.25) is 0 Å². The van der Waals surface area contributed by atoms with Crippen molar-refractivity contribution in [2.75, 3.05) is 0 Å². The predicted octanol–water partition coefficient (Wildman–Crippen LogP) is 3.30. The highest BCUT2D eigenvalue weighted by atomic mass is 16.4. The van der Waals surface area contributed by atoms with E-state index in [4.69, 9.17) is 5.11 Å². The predicted molar refractivity (Wildman–Crippen MR) is 66.0 cm³/mol. The highest BCUT2D eigenvalue weighted by molar-refractivity contribution is 5.74. The van der Waals surface area contributed by atoms with Crippen LogP contribution < -0.4 is 0 Å². The van der Waals surface area contributed by atoms with Gasteiger partial charge in [0.05, 0.1) is 5.41 Å². The zero-order valence-electron chi connectivity index (χ0n) is 10.9. The molecule has 0 amide bonds. The Morgan fingerprint density at radius 1 is 0.941 bits per heavy atom. The molecule has 0 bridgehead atoms. The van der Waals surface area contributed by atoms with Crippen LogP contribution in [0.1, 0.15) is 65.2 Å². The Balaban J connectivity index is 3.84. The molecule has 0 aromatic carbocycles. The second-order valence-electron chi connectivity index (χ2n) is 4.60. The van der Waals surface area contributed by atoms with Crippen LogP contribution in [0, 0.1) is 5.41 Å². The molecule has 0 unspecified atom stereocenters. The molecule has 4 heteroatoms. The topological polar surface area (TPSA) is 74.6 Å². The summed E-state index contributed by atoms with van der Waals surface area (Å²) in [7, 11) is 0. The summed E-state index contributed by atoms with van der Waals surface area (Å²) in [6.45, 7) is 3.84. The Bertz CT molecular complexity index is 244. The van der Waals surface area contributed by atoms with Crippen LogP contribution in [0.15, 0.2) is 0 Å². The summed E-state index contributed by atoms with van der Waals surface area (Å²) in [4.78, 5) is 21.5. The molecule has 0 saturated heterocycles. The molecule has 17 heavy (non-hydrogen) atoms. The molecule has 2 N–H and O–H groups in total. The molecule has 0 heterocycles. The minimum absolute atomic E-state index is 0.214. The molecule has 0 atom stereocenters. The summed E-state index contributed by atoms with van der Waals surface area (Å²) in [5.41, 5.74) is -0.577. The van der Waals surface area contributed by atoms with Crippen LogP contribution in [0.5, 0.6) is 0 Å². The van der Waals surface area contributed by atoms with Crippen molar-refractivity contribution < 1.29 is 19.8 Å². The van der Waals surface area contributed by atoms with Gasteiger partial charge in [0.2, 0.25) is 0 Å². The van der Waals surface area contributed by atoms with Crippen molar-refractivity contribution in [2.45, 2.75) is 65.2 Å². The summed E-state index contributed by atoms with van der Waals surface area (Å²) in [6, 6.07) is 0. The van der Waals surface area contributed by atoms with Gasteiger partial charge in [0.25, 0.3) is 0 Å². The quantitative estimate of drug-likeness (QED) is 0.578. The number of rotatable bonds is 10. The molecule has 0 aliphatic rings. The maximum Gasteiger partial charge on any atom is 0.309 e. The smallest absolute Gasteiger partial charge is 0.309 e. The molecule has 0 spiro atoms. The lowest BCUT2D eigenvalue weighted by Gasteiger charge is -2.26. The first-order valence-corrected chi connectivity index (χ1v) is 6.43. The van der Waals surface area contributed by atoms with Gasteiger partial charge in [-0.05, 0) is 25.7 Å². The third kappa shape index (κ3) is 5.71. The van der Waals surface area contributed by atoms with E-state index in [1.54, 1.807) is 0 Å². The first-order valence-electron chi connectivity index (χ1n) is 6.43. The first kappa shape index (κ1) is 15.9. The molecule has 0 aromatic heterocycles. The molecular weight excluding hydrogens is 220 g/mol. The van der Waals surface area contributed by atoms with E-state index in [1.807, 2.05) is 13.8 Å². The van der Waals surface area contributed by atoms with Crippen LogP contribution in [0.3, 0.4) is 0 Å². The van der Waals surface area contributed by atoms with E-state index >= 15 is 0 Å². The minimum atomic E-state index is -0.757. The minimum Gasteiger partial charge on any atom is -0.481 e. The molecular formula is C13H24O4. The zero-order valence-corrected chi connectivity index (χ0v) is 10.9. The van der Waals surface area contributed by atoms with E-state index in [0.29, 0.717) is 25.7 Å². The molecule has 0 radical (unpaired) electrons. The summed E-state index contributed by atoms with van der Waals surface area (Å²) < 4.78 is 0. The largest absolute Gasteiger partial charge is 0.481 e. The van der Waals surface area contributed by atoms with Crippen LogP contribution in [0.4, 0.5) is 0 Å². The van der Waals surface area contributed by atoms with Crippen LogP contribution in [-0.4, -0.2) is 22.2 Å². The van der Waals surface area contributed by atoms with Gasteiger partial charge in [-0.3, -0.25) is 9.59 Å². The fraction of sp³-hybridized carbons (Fsp3) is 0.846. The normalized spacial score (nSPS) is 11.4. The van der Waals surface area contributed by atoms with Gasteiger partial charge < -0.3 is 10.2 Å². The van der Waals surface area contributed by atoms with Crippen LogP contribution in [0.25, 0.3) is 0 Å². The highest BCUT2D eigenvalue weighted by Gasteiger charge is 2.33. The molecule has 0 aliphatic heterocycles. The van der Waals surface area contributed by atoms with Gasteiger partial charge in [0, 0.05) is 6.42 Å². The Morgan fingerprint density at radius 2 is 1.47 bits per heavy atom. The summed E-state index contributed by atoms with van der Waals surface area (Å²) in [5, 5.41) is 17.7. The number of hydrogen-bond acceptors (Lipinski definition) is 2. The molecule has 0 saturated carbocycles. The SMILES string of the molecule is CCC(CC)(CCCCCCC(=O)O)C(=O)O. The molecule has 100 valence electrons. The molecule has 0 rings (SSSR count). The Hall–Kier alpha value is -1.06. The lowest BCUT2D eigenvalue weighted by molar-refractivity contribution is -0.150. The fourth-order valence-electron chi connectivity index (χ4n) is 2.11. The average molecular weight is 244 g/mol. The standard InChI is InChI=1S/C13H24O4/c1-3-13(4-2,12(16)17)10-8-6-5-7-9-11(14)15/h3-10H2,1-2H3,(H,14,15)(H,16,17). The maximum atomic E-state index is 11.2. The van der Waals surface area contributed by atoms with Gasteiger partial charge in [0.1, 0.15) is 0 Å². The second kappa shape index (κ2) is 8.09. The van der Waals surface area contributed by atoms with Crippen LogP contribution >= 0.6 is 0 Å². The van der Waals surface area contributed by atoms with Crippen LogP contribution in [-0.2, 0) is 9.59 Å². The highest BCUT2D eigenvalue weighted by Crippen LogP contribution is 2.33. The molecule has 0 aromatic rings. The van der Waals surface area contributed by atoms with Gasteiger partial charge in [0.15, 0.2) is 0 Å². The zero-order chi connectivity index (χ0) is 13.3. The van der Waals surface area contributed by atoms with Gasteiger partial charge in [-0.15, -0.1) is 0 Å². The number of hydrogen-bond donors (Lipinski definition) is 2. The van der Waals surface area contributed by atoms with E-state index < -0.39 is 17.4 Å². The Labute approximate surface area is 103 Å². The molecule has 0 aliphatic carbocycles. The second-order valence-corrected chi connectivity index (χ2v) is 4.60. The van der Waals surface area contributed by atoms with E-state index in [-0.39, 0.29) is 6.42 Å². The van der Waals surface area contributed by atoms with Crippen molar-refractivity contribution in [1.82, 2.24) is 0 Å². The number of carboxylic acids is 2. The van der Waals surface area contributed by atoms with Gasteiger partial charge in [-0.25, -0.2) is 0 Å².